The normalized spacial score (nSPS) is 15.8. The number of thiocarbonyl (C=S) groups is 1. The summed E-state index contributed by atoms with van der Waals surface area (Å²) in [4.78, 5) is 25.6. The zero-order valence-electron chi connectivity index (χ0n) is 18.8. The van der Waals surface area contributed by atoms with Crippen molar-refractivity contribution in [2.75, 3.05) is 12.4 Å². The van der Waals surface area contributed by atoms with Crippen LogP contribution in [-0.2, 0) is 17.6 Å². The Bertz CT molecular complexity index is 1050. The Morgan fingerprint density at radius 3 is 2.53 bits per heavy atom. The van der Waals surface area contributed by atoms with Crippen molar-refractivity contribution in [2.45, 2.75) is 40.0 Å². The highest BCUT2D eigenvalue weighted by Gasteiger charge is 2.33. The van der Waals surface area contributed by atoms with Crippen molar-refractivity contribution >= 4 is 51.6 Å². The molecule has 0 bridgehead atoms. The van der Waals surface area contributed by atoms with Gasteiger partial charge < -0.3 is 15.8 Å². The third kappa shape index (κ3) is 5.75. The second-order valence-corrected chi connectivity index (χ2v) is 10.4. The van der Waals surface area contributed by atoms with Gasteiger partial charge in [-0.15, -0.1) is 11.3 Å². The Morgan fingerprint density at radius 2 is 1.94 bits per heavy atom. The van der Waals surface area contributed by atoms with Crippen LogP contribution in [0.1, 0.15) is 53.6 Å². The number of carbonyl (C=O) groups is 2. The number of primary amides is 1. The molecule has 0 fully saturated rings. The molecular weight excluding hydrogens is 442 g/mol. The molecule has 1 heterocycles. The van der Waals surface area contributed by atoms with E-state index in [1.165, 1.54) is 22.3 Å². The largest absolute Gasteiger partial charge is 0.497 e. The van der Waals surface area contributed by atoms with Gasteiger partial charge >= 0.3 is 0 Å². The van der Waals surface area contributed by atoms with Crippen molar-refractivity contribution in [3.05, 3.63) is 51.9 Å². The lowest BCUT2D eigenvalue weighted by Gasteiger charge is -2.33. The van der Waals surface area contributed by atoms with Crippen molar-refractivity contribution in [3.8, 4) is 5.75 Å². The Morgan fingerprint density at radius 1 is 1.25 bits per heavy atom. The Hall–Kier alpha value is -2.71. The van der Waals surface area contributed by atoms with E-state index in [4.69, 9.17) is 22.7 Å². The van der Waals surface area contributed by atoms with Crippen LogP contribution in [0.15, 0.2) is 30.3 Å². The molecule has 1 aromatic heterocycles. The number of nitrogens with two attached hydrogens (primary N) is 1. The van der Waals surface area contributed by atoms with Crippen molar-refractivity contribution in [3.63, 3.8) is 0 Å². The fourth-order valence-electron chi connectivity index (χ4n) is 3.85. The Kier molecular flexibility index (Phi) is 7.36. The first kappa shape index (κ1) is 23.9. The lowest BCUT2D eigenvalue weighted by molar-refractivity contribution is -0.115. The summed E-state index contributed by atoms with van der Waals surface area (Å²) in [5, 5.41) is 6.37. The predicted octanol–water partition coefficient (Wildman–Crippen LogP) is 4.53. The summed E-state index contributed by atoms with van der Waals surface area (Å²) in [7, 11) is 1.60. The molecule has 4 N–H and O–H groups in total. The minimum absolute atomic E-state index is 0.128. The summed E-state index contributed by atoms with van der Waals surface area (Å²) >= 11 is 6.80. The van der Waals surface area contributed by atoms with Crippen LogP contribution in [0, 0.1) is 11.3 Å². The monoisotopic (exact) mass is 471 g/mol. The molecule has 0 saturated carbocycles. The average Bonchev–Trinajstić information content (AvgIpc) is 3.08. The van der Waals surface area contributed by atoms with Gasteiger partial charge in [-0.05, 0) is 72.1 Å². The van der Waals surface area contributed by atoms with Crippen LogP contribution >= 0.6 is 23.6 Å². The SMILES string of the molecule is COc1ccc(/C=C/C(=O)NC(=S)Nc2sc3c(c2C(N)=O)CC[C@H](C(C)(C)C)C3)cc1. The molecular formula is C24H29N3O3S2. The molecule has 32 heavy (non-hydrogen) atoms. The molecule has 0 aliphatic heterocycles. The van der Waals surface area contributed by atoms with Gasteiger partial charge in [0.05, 0.1) is 12.7 Å². The molecule has 1 atom stereocenters. The molecule has 8 heteroatoms. The standard InChI is InChI=1S/C24H29N3O3S2/c1-24(2,3)15-8-11-17-18(13-15)32-22(20(17)21(25)29)27-23(31)26-19(28)12-7-14-5-9-16(30-4)10-6-14/h5-7,9-10,12,15H,8,11,13H2,1-4H3,(H2,25,29)(H2,26,27,28,31)/b12-7+/t15-/m0/s1. The molecule has 6 nitrogen and oxygen atoms in total. The first-order valence-electron chi connectivity index (χ1n) is 10.5. The maximum atomic E-state index is 12.3. The van der Waals surface area contributed by atoms with Gasteiger partial charge in [-0.25, -0.2) is 0 Å². The van der Waals surface area contributed by atoms with E-state index in [1.807, 2.05) is 24.3 Å². The van der Waals surface area contributed by atoms with Gasteiger partial charge in [0.2, 0.25) is 5.91 Å². The summed E-state index contributed by atoms with van der Waals surface area (Å²) in [6.07, 6.45) is 5.83. The maximum absolute atomic E-state index is 12.3. The molecule has 1 aromatic carbocycles. The topological polar surface area (TPSA) is 93.4 Å². The molecule has 1 aliphatic carbocycles. The molecule has 3 rings (SSSR count). The van der Waals surface area contributed by atoms with E-state index in [0.29, 0.717) is 16.5 Å². The zero-order chi connectivity index (χ0) is 23.5. The third-order valence-electron chi connectivity index (χ3n) is 5.74. The number of ether oxygens (including phenoxy) is 1. The Labute approximate surface area is 198 Å². The number of hydrogen-bond acceptors (Lipinski definition) is 5. The van der Waals surface area contributed by atoms with Crippen molar-refractivity contribution in [1.29, 1.82) is 0 Å². The highest BCUT2D eigenvalue weighted by atomic mass is 32.1. The lowest BCUT2D eigenvalue weighted by atomic mass is 9.72. The van der Waals surface area contributed by atoms with Crippen LogP contribution in [0.3, 0.4) is 0 Å². The fourth-order valence-corrected chi connectivity index (χ4v) is 5.45. The van der Waals surface area contributed by atoms with E-state index < -0.39 is 5.91 Å². The van der Waals surface area contributed by atoms with Crippen molar-refractivity contribution in [2.24, 2.45) is 17.1 Å². The summed E-state index contributed by atoms with van der Waals surface area (Å²) in [5.74, 6) is 0.437. The van der Waals surface area contributed by atoms with E-state index in [0.717, 1.165) is 36.1 Å². The fraction of sp³-hybridized carbons (Fsp3) is 0.375. The van der Waals surface area contributed by atoms with Crippen molar-refractivity contribution < 1.29 is 14.3 Å². The maximum Gasteiger partial charge on any atom is 0.251 e. The van der Waals surface area contributed by atoms with E-state index in [-0.39, 0.29) is 16.4 Å². The van der Waals surface area contributed by atoms with E-state index >= 15 is 0 Å². The second-order valence-electron chi connectivity index (χ2n) is 8.93. The van der Waals surface area contributed by atoms with E-state index in [2.05, 4.69) is 31.4 Å². The van der Waals surface area contributed by atoms with Gasteiger partial charge in [0.15, 0.2) is 5.11 Å². The molecule has 0 spiro atoms. The third-order valence-corrected chi connectivity index (χ3v) is 7.12. The molecule has 0 radical (unpaired) electrons. The summed E-state index contributed by atoms with van der Waals surface area (Å²) < 4.78 is 5.12. The smallest absolute Gasteiger partial charge is 0.251 e. The molecule has 2 amide bonds. The number of rotatable bonds is 5. The number of anilines is 1. The Balaban J connectivity index is 1.68. The highest BCUT2D eigenvalue weighted by Crippen LogP contribution is 2.44. The molecule has 2 aromatic rings. The number of amides is 2. The highest BCUT2D eigenvalue weighted by molar-refractivity contribution is 7.80. The molecule has 0 unspecified atom stereocenters. The number of thiophene rings is 1. The number of benzene rings is 1. The van der Waals surface area contributed by atoms with Crippen molar-refractivity contribution in [1.82, 2.24) is 5.32 Å². The average molecular weight is 472 g/mol. The van der Waals surface area contributed by atoms with E-state index in [9.17, 15) is 9.59 Å². The number of carbonyl (C=O) groups excluding carboxylic acids is 2. The van der Waals surface area contributed by atoms with Gasteiger partial charge in [-0.2, -0.15) is 0 Å². The van der Waals surface area contributed by atoms with Crippen LogP contribution in [0.2, 0.25) is 0 Å². The number of nitrogens with one attached hydrogen (secondary N) is 2. The minimum Gasteiger partial charge on any atom is -0.497 e. The number of hydrogen-bond donors (Lipinski definition) is 3. The summed E-state index contributed by atoms with van der Waals surface area (Å²) in [6.45, 7) is 6.73. The predicted molar refractivity (Wildman–Crippen MR) is 134 cm³/mol. The summed E-state index contributed by atoms with van der Waals surface area (Å²) in [6, 6.07) is 7.33. The minimum atomic E-state index is -0.479. The zero-order valence-corrected chi connectivity index (χ0v) is 20.4. The first-order valence-corrected chi connectivity index (χ1v) is 11.7. The quantitative estimate of drug-likeness (QED) is 0.440. The molecule has 170 valence electrons. The number of fused-ring (bicyclic) bond motifs is 1. The van der Waals surface area contributed by atoms with Crippen LogP contribution in [0.5, 0.6) is 5.75 Å². The summed E-state index contributed by atoms with van der Waals surface area (Å²) in [5.41, 5.74) is 8.24. The van der Waals surface area contributed by atoms with Gasteiger partial charge in [-0.1, -0.05) is 32.9 Å². The van der Waals surface area contributed by atoms with Gasteiger partial charge in [0.1, 0.15) is 10.8 Å². The molecule has 1 aliphatic rings. The van der Waals surface area contributed by atoms with Crippen LogP contribution < -0.4 is 21.1 Å². The molecule has 0 saturated heterocycles. The first-order chi connectivity index (χ1) is 15.1. The van der Waals surface area contributed by atoms with Gasteiger partial charge in [0.25, 0.3) is 5.91 Å². The number of methoxy groups -OCH3 is 1. The van der Waals surface area contributed by atoms with Gasteiger partial charge in [0, 0.05) is 11.0 Å². The lowest BCUT2D eigenvalue weighted by Crippen LogP contribution is -2.33. The van der Waals surface area contributed by atoms with Gasteiger partial charge in [-0.3, -0.25) is 14.9 Å². The van der Waals surface area contributed by atoms with Crippen LogP contribution in [0.4, 0.5) is 5.00 Å². The van der Waals surface area contributed by atoms with Crippen LogP contribution in [0.25, 0.3) is 6.08 Å². The van der Waals surface area contributed by atoms with Crippen LogP contribution in [-0.4, -0.2) is 24.0 Å². The second kappa shape index (κ2) is 9.83. The van der Waals surface area contributed by atoms with E-state index in [1.54, 1.807) is 13.2 Å².